The van der Waals surface area contributed by atoms with Gasteiger partial charge in [0.2, 0.25) is 0 Å². The van der Waals surface area contributed by atoms with E-state index >= 15 is 0 Å². The zero-order chi connectivity index (χ0) is 24.7. The Labute approximate surface area is 188 Å². The summed E-state index contributed by atoms with van der Waals surface area (Å²) in [4.78, 5) is 12.7. The molecule has 0 atom stereocenters. The highest BCUT2D eigenvalue weighted by Crippen LogP contribution is 2.42. The van der Waals surface area contributed by atoms with Crippen molar-refractivity contribution < 1.29 is 40.3 Å². The molecule has 0 unspecified atom stereocenters. The minimum Gasteiger partial charge on any atom is -0.422 e. The first-order chi connectivity index (χ1) is 15.9. The van der Waals surface area contributed by atoms with Crippen molar-refractivity contribution in [1.82, 2.24) is 0 Å². The van der Waals surface area contributed by atoms with Gasteiger partial charge in [0.1, 0.15) is 11.6 Å². The molecule has 1 heterocycles. The van der Waals surface area contributed by atoms with Crippen LogP contribution in [0.4, 0.5) is 30.7 Å². The smallest absolute Gasteiger partial charge is 0.416 e. The topological polar surface area (TPSA) is 26.3 Å². The van der Waals surface area contributed by atoms with Gasteiger partial charge in [-0.25, -0.2) is 9.18 Å². The Bertz CT molecular complexity index is 1280. The highest BCUT2D eigenvalue weighted by atomic mass is 19.4. The largest absolute Gasteiger partial charge is 0.422 e. The lowest BCUT2D eigenvalue weighted by Gasteiger charge is -2.11. The molecule has 0 saturated carbocycles. The molecule has 9 heteroatoms. The molecule has 0 amide bonds. The van der Waals surface area contributed by atoms with Crippen LogP contribution in [0, 0.1) is 5.82 Å². The van der Waals surface area contributed by atoms with Crippen LogP contribution in [0.2, 0.25) is 0 Å². The van der Waals surface area contributed by atoms with E-state index in [0.717, 1.165) is 48.5 Å². The number of rotatable bonds is 3. The van der Waals surface area contributed by atoms with Crippen molar-refractivity contribution in [3.05, 3.63) is 112 Å². The highest BCUT2D eigenvalue weighted by molar-refractivity contribution is 6.31. The monoisotopic (exact) mass is 478 g/mol. The minimum absolute atomic E-state index is 0.0359. The lowest BCUT2D eigenvalue weighted by molar-refractivity contribution is -0.138. The average molecular weight is 478 g/mol. The van der Waals surface area contributed by atoms with Crippen LogP contribution in [0.1, 0.15) is 27.8 Å². The summed E-state index contributed by atoms with van der Waals surface area (Å²) in [5, 5.41) is 0. The number of ether oxygens (including phenoxy) is 1. The van der Waals surface area contributed by atoms with E-state index in [4.69, 9.17) is 4.74 Å². The van der Waals surface area contributed by atoms with Crippen molar-refractivity contribution in [3.63, 3.8) is 0 Å². The van der Waals surface area contributed by atoms with Crippen LogP contribution in [0.15, 0.2) is 78.6 Å². The predicted molar refractivity (Wildman–Crippen MR) is 110 cm³/mol. The Hall–Kier alpha value is -3.88. The van der Waals surface area contributed by atoms with Crippen molar-refractivity contribution >= 4 is 23.2 Å². The zero-order valence-electron chi connectivity index (χ0n) is 17.0. The van der Waals surface area contributed by atoms with Crippen LogP contribution in [-0.2, 0) is 21.9 Å². The van der Waals surface area contributed by atoms with Gasteiger partial charge in [0.15, 0.2) is 0 Å². The molecule has 174 valence electrons. The number of alkyl halides is 6. The lowest BCUT2D eigenvalue weighted by Crippen LogP contribution is -2.05. The second-order valence-corrected chi connectivity index (χ2v) is 7.35. The van der Waals surface area contributed by atoms with Crippen LogP contribution < -0.4 is 0 Å². The van der Waals surface area contributed by atoms with Gasteiger partial charge in [0, 0.05) is 5.57 Å². The molecule has 0 bridgehead atoms. The Morgan fingerprint density at radius 1 is 0.618 bits per heavy atom. The molecule has 3 aromatic carbocycles. The molecule has 0 aromatic heterocycles. The summed E-state index contributed by atoms with van der Waals surface area (Å²) >= 11 is 0. The number of halogens is 7. The molecule has 0 saturated heterocycles. The average Bonchev–Trinajstić information content (AvgIpc) is 3.10. The van der Waals surface area contributed by atoms with E-state index in [0.29, 0.717) is 5.56 Å². The van der Waals surface area contributed by atoms with Crippen molar-refractivity contribution in [3.8, 4) is 0 Å². The number of hydrogen-bond acceptors (Lipinski definition) is 2. The molecule has 0 aliphatic carbocycles. The van der Waals surface area contributed by atoms with Crippen LogP contribution in [0.3, 0.4) is 0 Å². The number of allylic oxidation sites excluding steroid dienone is 1. The normalized spacial score (nSPS) is 15.7. The molecule has 0 fully saturated rings. The fourth-order valence-corrected chi connectivity index (χ4v) is 3.44. The van der Waals surface area contributed by atoms with Crippen molar-refractivity contribution in [2.45, 2.75) is 12.4 Å². The van der Waals surface area contributed by atoms with Crippen LogP contribution in [0.25, 0.3) is 17.2 Å². The standard InChI is InChI=1S/C25H13F7O2/c26-19-11-1-14(2-12-19)13-20-21(15-3-7-17(8-4-15)24(27,28)29)22(23(33)34-20)16-5-9-18(10-6-16)25(30,31)32/h1-13H/b20-13-. The Morgan fingerprint density at radius 2 is 1.06 bits per heavy atom. The van der Waals surface area contributed by atoms with Gasteiger partial charge < -0.3 is 4.74 Å². The molecular weight excluding hydrogens is 465 g/mol. The summed E-state index contributed by atoms with van der Waals surface area (Å²) in [7, 11) is 0. The third-order valence-corrected chi connectivity index (χ3v) is 5.07. The first-order valence-corrected chi connectivity index (χ1v) is 9.73. The van der Waals surface area contributed by atoms with Crippen LogP contribution in [0.5, 0.6) is 0 Å². The Kier molecular flexibility index (Phi) is 5.80. The van der Waals surface area contributed by atoms with Crippen molar-refractivity contribution in [1.29, 1.82) is 0 Å². The number of carbonyl (C=O) groups excluding carboxylic acids is 1. The summed E-state index contributed by atoms with van der Waals surface area (Å²) in [6, 6.07) is 12.8. The van der Waals surface area contributed by atoms with Gasteiger partial charge in [0.05, 0.1) is 16.7 Å². The summed E-state index contributed by atoms with van der Waals surface area (Å²) in [5.74, 6) is -1.43. The third kappa shape index (κ3) is 4.73. The molecule has 1 aliphatic heterocycles. The minimum atomic E-state index is -4.59. The molecule has 34 heavy (non-hydrogen) atoms. The molecule has 1 aliphatic rings. The molecule has 2 nitrogen and oxygen atoms in total. The lowest BCUT2D eigenvalue weighted by atomic mass is 9.93. The second kappa shape index (κ2) is 8.48. The van der Waals surface area contributed by atoms with E-state index in [-0.39, 0.29) is 28.0 Å². The molecule has 0 radical (unpaired) electrons. The molecular formula is C25H13F7O2. The third-order valence-electron chi connectivity index (χ3n) is 5.07. The first-order valence-electron chi connectivity index (χ1n) is 9.73. The van der Waals surface area contributed by atoms with Crippen molar-refractivity contribution in [2.24, 2.45) is 0 Å². The Balaban J connectivity index is 1.88. The zero-order valence-corrected chi connectivity index (χ0v) is 17.0. The number of esters is 1. The summed E-state index contributed by atoms with van der Waals surface area (Å²) in [6.45, 7) is 0. The molecule has 0 N–H and O–H groups in total. The van der Waals surface area contributed by atoms with Gasteiger partial charge in [-0.3, -0.25) is 0 Å². The number of cyclic esters (lactones) is 1. The second-order valence-electron chi connectivity index (χ2n) is 7.35. The molecule has 3 aromatic rings. The highest BCUT2D eigenvalue weighted by Gasteiger charge is 2.35. The SMILES string of the molecule is O=C1O/C(=C\c2ccc(F)cc2)C(c2ccc(C(F)(F)F)cc2)=C1c1ccc(C(F)(F)F)cc1. The van der Waals surface area contributed by atoms with E-state index in [1.807, 2.05) is 0 Å². The quantitative estimate of drug-likeness (QED) is 0.290. The fourth-order valence-electron chi connectivity index (χ4n) is 3.44. The summed E-state index contributed by atoms with van der Waals surface area (Å²) in [6.07, 6.45) is -7.79. The fraction of sp³-hybridized carbons (Fsp3) is 0.0800. The summed E-state index contributed by atoms with van der Waals surface area (Å²) < 4.78 is 96.5. The van der Waals surface area contributed by atoms with Gasteiger partial charge in [-0.1, -0.05) is 36.4 Å². The molecule has 4 rings (SSSR count). The van der Waals surface area contributed by atoms with Gasteiger partial charge in [-0.05, 0) is 59.2 Å². The number of carbonyl (C=O) groups is 1. The summed E-state index contributed by atoms with van der Waals surface area (Å²) in [5.41, 5.74) is -1.15. The number of benzene rings is 3. The maximum Gasteiger partial charge on any atom is 0.416 e. The van der Waals surface area contributed by atoms with Crippen LogP contribution in [-0.4, -0.2) is 5.97 Å². The maximum absolute atomic E-state index is 13.3. The molecule has 0 spiro atoms. The van der Waals surface area contributed by atoms with Crippen LogP contribution >= 0.6 is 0 Å². The van der Waals surface area contributed by atoms with E-state index < -0.39 is 35.3 Å². The van der Waals surface area contributed by atoms with E-state index in [1.165, 1.54) is 30.3 Å². The Morgan fingerprint density at radius 3 is 1.50 bits per heavy atom. The van der Waals surface area contributed by atoms with E-state index in [9.17, 15) is 35.5 Å². The maximum atomic E-state index is 13.3. The van der Waals surface area contributed by atoms with E-state index in [1.54, 1.807) is 0 Å². The van der Waals surface area contributed by atoms with Crippen molar-refractivity contribution in [2.75, 3.05) is 0 Å². The first kappa shape index (κ1) is 23.3. The van der Waals surface area contributed by atoms with E-state index in [2.05, 4.69) is 0 Å². The van der Waals surface area contributed by atoms with Gasteiger partial charge >= 0.3 is 18.3 Å². The van der Waals surface area contributed by atoms with Gasteiger partial charge in [0.25, 0.3) is 0 Å². The predicted octanol–water partition coefficient (Wildman–Crippen LogP) is 7.37. The van der Waals surface area contributed by atoms with Gasteiger partial charge in [-0.15, -0.1) is 0 Å². The number of hydrogen-bond donors (Lipinski definition) is 0. The van der Waals surface area contributed by atoms with Gasteiger partial charge in [-0.2, -0.15) is 26.3 Å².